The van der Waals surface area contributed by atoms with Crippen LogP contribution < -0.4 is 9.47 Å². The molecule has 0 radical (unpaired) electrons. The lowest BCUT2D eigenvalue weighted by Crippen LogP contribution is -2.29. The monoisotopic (exact) mass is 367 g/mol. The van der Waals surface area contributed by atoms with Crippen LogP contribution in [0.1, 0.15) is 18.9 Å². The highest BCUT2D eigenvalue weighted by atomic mass is 32.2. The fourth-order valence-corrected chi connectivity index (χ4v) is 3.57. The van der Waals surface area contributed by atoms with Crippen LogP contribution in [0.4, 0.5) is 0 Å². The van der Waals surface area contributed by atoms with E-state index in [0.717, 1.165) is 12.0 Å². The summed E-state index contributed by atoms with van der Waals surface area (Å²) < 4.78 is 16.5. The predicted molar refractivity (Wildman–Crippen MR) is 101 cm³/mol. The number of hydrogen-bond donors (Lipinski definition) is 0. The van der Waals surface area contributed by atoms with Gasteiger partial charge in [-0.3, -0.25) is 9.69 Å². The van der Waals surface area contributed by atoms with E-state index >= 15 is 0 Å². The molecule has 1 aromatic rings. The van der Waals surface area contributed by atoms with Crippen LogP contribution in [0.2, 0.25) is 0 Å². The highest BCUT2D eigenvalue weighted by molar-refractivity contribution is 8.26. The summed E-state index contributed by atoms with van der Waals surface area (Å²) in [4.78, 5) is 14.7. The number of nitrogens with zero attached hydrogens (tertiary/aromatic N) is 1. The molecule has 1 aliphatic rings. The van der Waals surface area contributed by atoms with Crippen LogP contribution in [0.3, 0.4) is 0 Å². The van der Waals surface area contributed by atoms with Crippen LogP contribution in [0.15, 0.2) is 23.1 Å². The number of methoxy groups -OCH3 is 2. The lowest BCUT2D eigenvalue weighted by molar-refractivity contribution is -0.122. The van der Waals surface area contributed by atoms with E-state index in [-0.39, 0.29) is 5.91 Å². The van der Waals surface area contributed by atoms with Crippen LogP contribution in [-0.2, 0) is 9.53 Å². The van der Waals surface area contributed by atoms with E-state index in [1.165, 1.54) is 11.8 Å². The zero-order valence-electron chi connectivity index (χ0n) is 14.0. The van der Waals surface area contributed by atoms with Gasteiger partial charge in [0.25, 0.3) is 5.91 Å². The van der Waals surface area contributed by atoms with Crippen molar-refractivity contribution in [2.45, 2.75) is 13.3 Å². The lowest BCUT2D eigenvalue weighted by atomic mass is 10.2. The van der Waals surface area contributed by atoms with Gasteiger partial charge in [0, 0.05) is 20.3 Å². The van der Waals surface area contributed by atoms with E-state index in [2.05, 4.69) is 0 Å². The van der Waals surface area contributed by atoms with E-state index in [0.29, 0.717) is 40.5 Å². The number of thiocarbonyl (C=S) groups is 1. The molecule has 7 heteroatoms. The molecule has 0 spiro atoms. The summed E-state index contributed by atoms with van der Waals surface area (Å²) in [6, 6.07) is 5.58. The number of rotatable bonds is 8. The van der Waals surface area contributed by atoms with Crippen molar-refractivity contribution in [2.24, 2.45) is 0 Å². The maximum Gasteiger partial charge on any atom is 0.266 e. The summed E-state index contributed by atoms with van der Waals surface area (Å²) >= 11 is 6.62. The normalized spacial score (nSPS) is 16.1. The molecule has 0 unspecified atom stereocenters. The first kappa shape index (κ1) is 18.8. The summed E-state index contributed by atoms with van der Waals surface area (Å²) in [5.41, 5.74) is 0.868. The molecule has 1 saturated heterocycles. The largest absolute Gasteiger partial charge is 0.493 e. The van der Waals surface area contributed by atoms with Gasteiger partial charge in [-0.1, -0.05) is 30.0 Å². The Bertz CT molecular complexity index is 645. The smallest absolute Gasteiger partial charge is 0.266 e. The molecule has 1 heterocycles. The van der Waals surface area contributed by atoms with Gasteiger partial charge in [0.1, 0.15) is 4.32 Å². The number of thioether (sulfide) groups is 1. The molecule has 1 aliphatic heterocycles. The van der Waals surface area contributed by atoms with Crippen LogP contribution in [-0.4, -0.2) is 49.1 Å². The second-order valence-corrected chi connectivity index (χ2v) is 6.70. The minimum Gasteiger partial charge on any atom is -0.493 e. The van der Waals surface area contributed by atoms with Crippen molar-refractivity contribution >= 4 is 40.3 Å². The number of benzene rings is 1. The Hall–Kier alpha value is -1.57. The first-order valence-electron chi connectivity index (χ1n) is 7.65. The van der Waals surface area contributed by atoms with Crippen molar-refractivity contribution in [1.82, 2.24) is 4.90 Å². The van der Waals surface area contributed by atoms with Crippen molar-refractivity contribution in [2.75, 3.05) is 34.0 Å². The molecule has 1 aromatic carbocycles. The fraction of sp³-hybridized carbons (Fsp3) is 0.412. The van der Waals surface area contributed by atoms with Crippen molar-refractivity contribution < 1.29 is 19.0 Å². The third kappa shape index (κ3) is 4.49. The topological polar surface area (TPSA) is 48.0 Å². The highest BCUT2D eigenvalue weighted by Crippen LogP contribution is 2.34. The summed E-state index contributed by atoms with van der Waals surface area (Å²) in [7, 11) is 3.24. The van der Waals surface area contributed by atoms with E-state index < -0.39 is 0 Å². The molecule has 5 nitrogen and oxygen atoms in total. The van der Waals surface area contributed by atoms with Gasteiger partial charge in [-0.05, 0) is 37.1 Å². The first-order valence-corrected chi connectivity index (χ1v) is 8.88. The van der Waals surface area contributed by atoms with Crippen LogP contribution >= 0.6 is 24.0 Å². The summed E-state index contributed by atoms with van der Waals surface area (Å²) in [5.74, 6) is 1.26. The van der Waals surface area contributed by atoms with Crippen LogP contribution in [0, 0.1) is 0 Å². The number of carbonyl (C=O) groups excluding carboxylic acids is 1. The zero-order valence-corrected chi connectivity index (χ0v) is 15.7. The van der Waals surface area contributed by atoms with Gasteiger partial charge >= 0.3 is 0 Å². The third-order valence-corrected chi connectivity index (χ3v) is 4.77. The number of ether oxygens (including phenoxy) is 3. The molecule has 0 atom stereocenters. The Morgan fingerprint density at radius 2 is 2.08 bits per heavy atom. The van der Waals surface area contributed by atoms with Crippen LogP contribution in [0.5, 0.6) is 11.5 Å². The second-order valence-electron chi connectivity index (χ2n) is 5.02. The molecule has 2 rings (SSSR count). The predicted octanol–water partition coefficient (Wildman–Crippen LogP) is 3.33. The van der Waals surface area contributed by atoms with E-state index in [9.17, 15) is 4.79 Å². The molecule has 0 aliphatic carbocycles. The molecule has 0 saturated carbocycles. The maximum atomic E-state index is 12.5. The zero-order chi connectivity index (χ0) is 17.5. The van der Waals surface area contributed by atoms with Crippen molar-refractivity contribution in [3.05, 3.63) is 28.7 Å². The molecular weight excluding hydrogens is 346 g/mol. The van der Waals surface area contributed by atoms with Crippen molar-refractivity contribution in [3.63, 3.8) is 0 Å². The molecule has 0 aromatic heterocycles. The minimum absolute atomic E-state index is 0.0612. The van der Waals surface area contributed by atoms with Crippen molar-refractivity contribution in [1.29, 1.82) is 0 Å². The average molecular weight is 367 g/mol. The Kier molecular flexibility index (Phi) is 7.08. The molecule has 1 amide bonds. The molecule has 24 heavy (non-hydrogen) atoms. The fourth-order valence-electron chi connectivity index (χ4n) is 2.26. The number of amides is 1. The average Bonchev–Trinajstić information content (AvgIpc) is 2.84. The Labute approximate surface area is 151 Å². The molecule has 130 valence electrons. The minimum atomic E-state index is -0.0612. The van der Waals surface area contributed by atoms with Gasteiger partial charge in [-0.15, -0.1) is 0 Å². The van der Waals surface area contributed by atoms with E-state index in [1.54, 1.807) is 19.1 Å². The third-order valence-electron chi connectivity index (χ3n) is 3.39. The maximum absolute atomic E-state index is 12.5. The van der Waals surface area contributed by atoms with Gasteiger partial charge in [0.05, 0.1) is 18.6 Å². The highest BCUT2D eigenvalue weighted by Gasteiger charge is 2.31. The van der Waals surface area contributed by atoms with Crippen molar-refractivity contribution in [3.8, 4) is 11.5 Å². The summed E-state index contributed by atoms with van der Waals surface area (Å²) in [6.45, 7) is 3.66. The SMILES string of the molecule is CCOc1ccc(/C=C2\SC(=S)N(CCCOC)C2=O)cc1OC. The van der Waals surface area contributed by atoms with Gasteiger partial charge in [0.15, 0.2) is 11.5 Å². The second kappa shape index (κ2) is 9.05. The summed E-state index contributed by atoms with van der Waals surface area (Å²) in [6.07, 6.45) is 2.58. The Balaban J connectivity index is 2.16. The Morgan fingerprint density at radius 1 is 1.29 bits per heavy atom. The Morgan fingerprint density at radius 3 is 2.75 bits per heavy atom. The number of hydrogen-bond acceptors (Lipinski definition) is 6. The van der Waals surface area contributed by atoms with Crippen LogP contribution in [0.25, 0.3) is 6.08 Å². The lowest BCUT2D eigenvalue weighted by Gasteiger charge is -2.13. The van der Waals surface area contributed by atoms with E-state index in [4.69, 9.17) is 26.4 Å². The quantitative estimate of drug-likeness (QED) is 0.399. The number of carbonyl (C=O) groups is 1. The van der Waals surface area contributed by atoms with E-state index in [1.807, 2.05) is 31.2 Å². The standard InChI is InChI=1S/C17H21NO4S2/c1-4-22-13-7-6-12(10-14(13)21-3)11-15-16(19)18(17(23)24-15)8-5-9-20-2/h6-7,10-11H,4-5,8-9H2,1-3H3/b15-11-. The molecule has 0 N–H and O–H groups in total. The summed E-state index contributed by atoms with van der Waals surface area (Å²) in [5, 5.41) is 0. The van der Waals surface area contributed by atoms with Gasteiger partial charge in [0.2, 0.25) is 0 Å². The van der Waals surface area contributed by atoms with Gasteiger partial charge in [-0.2, -0.15) is 0 Å². The molecule has 1 fully saturated rings. The molecular formula is C17H21NO4S2. The molecule has 0 bridgehead atoms. The van der Waals surface area contributed by atoms with Gasteiger partial charge in [-0.25, -0.2) is 0 Å². The van der Waals surface area contributed by atoms with Gasteiger partial charge < -0.3 is 14.2 Å². The first-order chi connectivity index (χ1) is 11.6.